The predicted molar refractivity (Wildman–Crippen MR) is 110 cm³/mol. The van der Waals surface area contributed by atoms with E-state index in [1.54, 1.807) is 0 Å². The molecule has 1 spiro atoms. The van der Waals surface area contributed by atoms with Crippen LogP contribution >= 0.6 is 0 Å². The van der Waals surface area contributed by atoms with Crippen LogP contribution in [-0.4, -0.2) is 42.5 Å². The van der Waals surface area contributed by atoms with Crippen molar-refractivity contribution in [3.05, 3.63) is 0 Å². The second-order valence-corrected chi connectivity index (χ2v) is 9.79. The van der Waals surface area contributed by atoms with Crippen LogP contribution in [-0.2, 0) is 9.47 Å². The van der Waals surface area contributed by atoms with Crippen LogP contribution < -0.4 is 0 Å². The van der Waals surface area contributed by atoms with Crippen molar-refractivity contribution in [3.8, 4) is 0 Å². The van der Waals surface area contributed by atoms with Crippen LogP contribution in [0.4, 0.5) is 0 Å². The van der Waals surface area contributed by atoms with Crippen LogP contribution in [0.2, 0.25) is 0 Å². The summed E-state index contributed by atoms with van der Waals surface area (Å²) in [4.78, 5) is 2.62. The maximum Gasteiger partial charge on any atom is 0.168 e. The van der Waals surface area contributed by atoms with E-state index in [1.807, 2.05) is 0 Å². The zero-order chi connectivity index (χ0) is 19.4. The third-order valence-corrected chi connectivity index (χ3v) is 7.66. The van der Waals surface area contributed by atoms with Gasteiger partial charge < -0.3 is 14.4 Å². The fourth-order valence-electron chi connectivity index (χ4n) is 4.70. The molecule has 2 atom stereocenters. The zero-order valence-electron chi connectivity index (χ0n) is 18.6. The lowest BCUT2D eigenvalue weighted by Crippen LogP contribution is -2.41. The third-order valence-electron chi connectivity index (χ3n) is 7.66. The first kappa shape index (κ1) is 22.2. The Morgan fingerprint density at radius 2 is 1.73 bits per heavy atom. The maximum absolute atomic E-state index is 6.50. The van der Waals surface area contributed by atoms with Gasteiger partial charge in [-0.2, -0.15) is 0 Å². The summed E-state index contributed by atoms with van der Waals surface area (Å²) < 4.78 is 12.8. The summed E-state index contributed by atoms with van der Waals surface area (Å²) in [7, 11) is 0. The highest BCUT2D eigenvalue weighted by molar-refractivity contribution is 4.91. The van der Waals surface area contributed by atoms with Gasteiger partial charge in [-0.3, -0.25) is 0 Å². The minimum absolute atomic E-state index is 0.264. The maximum atomic E-state index is 6.50. The first-order chi connectivity index (χ1) is 12.2. The van der Waals surface area contributed by atoms with E-state index < -0.39 is 0 Å². The molecule has 1 saturated carbocycles. The summed E-state index contributed by atoms with van der Waals surface area (Å²) in [6.45, 7) is 19.6. The monoisotopic (exact) mass is 367 g/mol. The van der Waals surface area contributed by atoms with Gasteiger partial charge in [-0.05, 0) is 62.8 Å². The van der Waals surface area contributed by atoms with E-state index in [1.165, 1.54) is 32.2 Å². The van der Waals surface area contributed by atoms with Gasteiger partial charge in [-0.1, -0.05) is 41.5 Å². The number of hydrogen-bond donors (Lipinski definition) is 0. The molecule has 26 heavy (non-hydrogen) atoms. The van der Waals surface area contributed by atoms with Crippen molar-refractivity contribution in [1.29, 1.82) is 0 Å². The van der Waals surface area contributed by atoms with E-state index in [0.29, 0.717) is 11.5 Å². The quantitative estimate of drug-likeness (QED) is 0.508. The van der Waals surface area contributed by atoms with Crippen LogP contribution in [0, 0.1) is 17.3 Å². The summed E-state index contributed by atoms with van der Waals surface area (Å²) in [6, 6.07) is 0.667. The van der Waals surface area contributed by atoms with Crippen LogP contribution in [0.25, 0.3) is 0 Å². The normalized spacial score (nSPS) is 31.3. The van der Waals surface area contributed by atoms with Crippen molar-refractivity contribution in [3.63, 3.8) is 0 Å². The highest BCUT2D eigenvalue weighted by atomic mass is 16.7. The van der Waals surface area contributed by atoms with Gasteiger partial charge >= 0.3 is 0 Å². The molecule has 1 heterocycles. The molecule has 2 aliphatic rings. The van der Waals surface area contributed by atoms with Crippen molar-refractivity contribution >= 4 is 0 Å². The van der Waals surface area contributed by atoms with Gasteiger partial charge in [0.2, 0.25) is 0 Å². The van der Waals surface area contributed by atoms with Crippen LogP contribution in [0.1, 0.15) is 93.4 Å². The molecule has 2 fully saturated rings. The summed E-state index contributed by atoms with van der Waals surface area (Å²) in [5.74, 6) is 1.26. The SMILES string of the molecule is CCCN(CCC1COC2(CCC(C(C)(C)C(C)C)CC2)O1)C(C)CC. The van der Waals surface area contributed by atoms with E-state index >= 15 is 0 Å². The molecule has 154 valence electrons. The van der Waals surface area contributed by atoms with Crippen molar-refractivity contribution in [2.45, 2.75) is 111 Å². The Morgan fingerprint density at radius 3 is 2.27 bits per heavy atom. The molecule has 2 unspecified atom stereocenters. The smallest absolute Gasteiger partial charge is 0.168 e. The fourth-order valence-corrected chi connectivity index (χ4v) is 4.70. The second-order valence-electron chi connectivity index (χ2n) is 9.79. The first-order valence-corrected chi connectivity index (χ1v) is 11.3. The largest absolute Gasteiger partial charge is 0.347 e. The third kappa shape index (κ3) is 5.23. The minimum atomic E-state index is -0.264. The first-order valence-electron chi connectivity index (χ1n) is 11.3. The molecule has 1 aliphatic heterocycles. The molecule has 0 amide bonds. The lowest BCUT2D eigenvalue weighted by Gasteiger charge is -2.44. The molecule has 1 saturated heterocycles. The standard InChI is InChI=1S/C23H45NO2/c1-8-15-24(19(5)9-2)16-12-21-17-25-23(26-21)13-10-20(11-14-23)22(6,7)18(3)4/h18-21H,8-17H2,1-7H3. The number of hydrogen-bond acceptors (Lipinski definition) is 3. The molecule has 2 rings (SSSR count). The molecule has 0 aromatic rings. The van der Waals surface area contributed by atoms with Gasteiger partial charge in [0.25, 0.3) is 0 Å². The van der Waals surface area contributed by atoms with Gasteiger partial charge in [0, 0.05) is 25.4 Å². The summed E-state index contributed by atoms with van der Waals surface area (Å²) >= 11 is 0. The van der Waals surface area contributed by atoms with Crippen LogP contribution in [0.15, 0.2) is 0 Å². The van der Waals surface area contributed by atoms with E-state index in [9.17, 15) is 0 Å². The average molecular weight is 368 g/mol. The summed E-state index contributed by atoms with van der Waals surface area (Å²) in [6.07, 6.45) is 8.48. The van der Waals surface area contributed by atoms with Crippen LogP contribution in [0.5, 0.6) is 0 Å². The fraction of sp³-hybridized carbons (Fsp3) is 1.00. The Balaban J connectivity index is 1.81. The highest BCUT2D eigenvalue weighted by Crippen LogP contribution is 2.48. The van der Waals surface area contributed by atoms with Crippen molar-refractivity contribution in [2.24, 2.45) is 17.3 Å². The molecule has 0 radical (unpaired) electrons. The van der Waals surface area contributed by atoms with Gasteiger partial charge in [-0.25, -0.2) is 0 Å². The Morgan fingerprint density at radius 1 is 1.08 bits per heavy atom. The topological polar surface area (TPSA) is 21.7 Å². The Hall–Kier alpha value is -0.120. The van der Waals surface area contributed by atoms with Crippen LogP contribution in [0.3, 0.4) is 0 Å². The lowest BCUT2D eigenvalue weighted by atomic mass is 9.64. The minimum Gasteiger partial charge on any atom is -0.347 e. The Kier molecular flexibility index (Phi) is 8.00. The number of nitrogens with zero attached hydrogens (tertiary/aromatic N) is 1. The number of rotatable bonds is 9. The molecule has 1 aliphatic carbocycles. The van der Waals surface area contributed by atoms with E-state index in [4.69, 9.17) is 9.47 Å². The van der Waals surface area contributed by atoms with E-state index in [0.717, 1.165) is 44.2 Å². The van der Waals surface area contributed by atoms with Crippen molar-refractivity contribution in [1.82, 2.24) is 4.90 Å². The van der Waals surface area contributed by atoms with Gasteiger partial charge in [0.1, 0.15) is 0 Å². The van der Waals surface area contributed by atoms with Gasteiger partial charge in [0.05, 0.1) is 12.7 Å². The molecular weight excluding hydrogens is 322 g/mol. The van der Waals surface area contributed by atoms with Crippen molar-refractivity contribution in [2.75, 3.05) is 19.7 Å². The molecule has 0 aromatic carbocycles. The van der Waals surface area contributed by atoms with Crippen molar-refractivity contribution < 1.29 is 9.47 Å². The Labute approximate surface area is 163 Å². The van der Waals surface area contributed by atoms with Gasteiger partial charge in [0.15, 0.2) is 5.79 Å². The molecule has 0 N–H and O–H groups in total. The summed E-state index contributed by atoms with van der Waals surface area (Å²) in [5.41, 5.74) is 0.413. The highest BCUT2D eigenvalue weighted by Gasteiger charge is 2.47. The molecule has 3 nitrogen and oxygen atoms in total. The predicted octanol–water partition coefficient (Wildman–Crippen LogP) is 5.87. The Bertz CT molecular complexity index is 412. The molecule has 0 bridgehead atoms. The zero-order valence-corrected chi connectivity index (χ0v) is 18.6. The molecule has 0 aromatic heterocycles. The average Bonchev–Trinajstić information content (AvgIpc) is 3.00. The van der Waals surface area contributed by atoms with E-state index in [-0.39, 0.29) is 11.9 Å². The second kappa shape index (κ2) is 9.39. The number of ether oxygens (including phenoxy) is 2. The molecular formula is C23H45NO2. The van der Waals surface area contributed by atoms with E-state index in [2.05, 4.69) is 53.4 Å². The van der Waals surface area contributed by atoms with Gasteiger partial charge in [-0.15, -0.1) is 0 Å². The lowest BCUT2D eigenvalue weighted by molar-refractivity contribution is -0.198. The molecule has 3 heteroatoms. The summed E-state index contributed by atoms with van der Waals surface area (Å²) in [5, 5.41) is 0.